The average Bonchev–Trinajstić information content (AvgIpc) is 3.52. The van der Waals surface area contributed by atoms with Crippen LogP contribution in [0.4, 0.5) is 0 Å². The van der Waals surface area contributed by atoms with Crippen LogP contribution in [0.3, 0.4) is 0 Å². The number of hydrogen-bond acceptors (Lipinski definition) is 4. The molecule has 2 aromatic heterocycles. The third kappa shape index (κ3) is 4.45. The van der Waals surface area contributed by atoms with E-state index in [-0.39, 0.29) is 12.6 Å². The minimum absolute atomic E-state index is 0.287. The first-order valence-electron chi connectivity index (χ1n) is 11.2. The van der Waals surface area contributed by atoms with Gasteiger partial charge in [-0.2, -0.15) is 9.13 Å². The molecule has 0 saturated carbocycles. The molecular formula is C26H30N2O4+2. The number of benzene rings is 1. The Morgan fingerprint density at radius 3 is 1.47 bits per heavy atom. The SMILES string of the molecule is Cc1cc(C[n+]2ccccc2C2OCCO2)c(C)cc1C[n+]1ccccc1C1OCCO1. The molecule has 0 spiro atoms. The van der Waals surface area contributed by atoms with E-state index in [0.717, 1.165) is 24.5 Å². The van der Waals surface area contributed by atoms with Crippen LogP contribution in [0.1, 0.15) is 46.2 Å². The van der Waals surface area contributed by atoms with Crippen LogP contribution in [0.15, 0.2) is 60.9 Å². The van der Waals surface area contributed by atoms with Gasteiger partial charge in [-0.05, 0) is 49.2 Å². The van der Waals surface area contributed by atoms with Crippen molar-refractivity contribution in [3.63, 3.8) is 0 Å². The lowest BCUT2D eigenvalue weighted by atomic mass is 9.99. The lowest BCUT2D eigenvalue weighted by molar-refractivity contribution is -0.702. The van der Waals surface area contributed by atoms with Crippen molar-refractivity contribution < 1.29 is 28.1 Å². The second-order valence-electron chi connectivity index (χ2n) is 8.36. The zero-order chi connectivity index (χ0) is 21.9. The average molecular weight is 435 g/mol. The fourth-order valence-corrected chi connectivity index (χ4v) is 4.40. The molecule has 32 heavy (non-hydrogen) atoms. The first-order valence-corrected chi connectivity index (χ1v) is 11.2. The van der Waals surface area contributed by atoms with Crippen molar-refractivity contribution in [2.45, 2.75) is 39.5 Å². The van der Waals surface area contributed by atoms with E-state index in [1.54, 1.807) is 0 Å². The molecule has 6 nitrogen and oxygen atoms in total. The normalized spacial score (nSPS) is 17.3. The smallest absolute Gasteiger partial charge is 0.245 e. The molecule has 3 aromatic rings. The van der Waals surface area contributed by atoms with Crippen molar-refractivity contribution in [1.82, 2.24) is 0 Å². The van der Waals surface area contributed by atoms with E-state index < -0.39 is 0 Å². The van der Waals surface area contributed by atoms with Gasteiger partial charge in [0.2, 0.25) is 24.0 Å². The van der Waals surface area contributed by atoms with E-state index in [1.165, 1.54) is 22.3 Å². The third-order valence-electron chi connectivity index (χ3n) is 6.15. The summed E-state index contributed by atoms with van der Waals surface area (Å²) in [7, 11) is 0. The summed E-state index contributed by atoms with van der Waals surface area (Å²) in [6.45, 7) is 8.49. The molecule has 0 N–H and O–H groups in total. The molecule has 0 radical (unpaired) electrons. The number of hydrogen-bond donors (Lipinski definition) is 0. The van der Waals surface area contributed by atoms with E-state index in [4.69, 9.17) is 18.9 Å². The Balaban J connectivity index is 1.40. The molecule has 4 heterocycles. The quantitative estimate of drug-likeness (QED) is 0.560. The lowest BCUT2D eigenvalue weighted by Crippen LogP contribution is -2.41. The van der Waals surface area contributed by atoms with Crippen molar-refractivity contribution in [3.8, 4) is 0 Å². The maximum atomic E-state index is 5.74. The van der Waals surface area contributed by atoms with Gasteiger partial charge in [0, 0.05) is 35.4 Å². The maximum Gasteiger partial charge on any atom is 0.245 e. The standard InChI is InChI=1S/C26H30N2O4/c1-19-15-22(18-28-10-6-4-8-24(28)26-31-13-14-32-26)20(2)16-21(19)17-27-9-5-3-7-23(27)25-29-11-12-30-25/h3-10,15-16,25-26H,11-14,17-18H2,1-2H3/q+2. The topological polar surface area (TPSA) is 44.7 Å². The molecule has 2 fully saturated rings. The number of aryl methyl sites for hydroxylation is 2. The first kappa shape index (κ1) is 21.2. The summed E-state index contributed by atoms with van der Waals surface area (Å²) in [5.74, 6) is 0. The molecular weight excluding hydrogens is 404 g/mol. The van der Waals surface area contributed by atoms with Gasteiger partial charge in [-0.3, -0.25) is 0 Å². The van der Waals surface area contributed by atoms with E-state index in [9.17, 15) is 0 Å². The van der Waals surface area contributed by atoms with Crippen LogP contribution < -0.4 is 9.13 Å². The maximum absolute atomic E-state index is 5.74. The Morgan fingerprint density at radius 2 is 1.06 bits per heavy atom. The summed E-state index contributed by atoms with van der Waals surface area (Å²) < 4.78 is 27.4. The zero-order valence-corrected chi connectivity index (χ0v) is 18.7. The predicted octanol–water partition coefficient (Wildman–Crippen LogP) is 3.07. The predicted molar refractivity (Wildman–Crippen MR) is 117 cm³/mol. The minimum Gasteiger partial charge on any atom is -0.341 e. The highest BCUT2D eigenvalue weighted by molar-refractivity contribution is 5.36. The van der Waals surface area contributed by atoms with Crippen LogP contribution in [0.5, 0.6) is 0 Å². The van der Waals surface area contributed by atoms with Gasteiger partial charge in [-0.15, -0.1) is 0 Å². The van der Waals surface area contributed by atoms with Crippen molar-refractivity contribution in [2.75, 3.05) is 26.4 Å². The Kier molecular flexibility index (Phi) is 6.28. The van der Waals surface area contributed by atoms with Gasteiger partial charge in [-0.25, -0.2) is 0 Å². The number of rotatable bonds is 6. The number of nitrogens with zero attached hydrogens (tertiary/aromatic N) is 2. The fourth-order valence-electron chi connectivity index (χ4n) is 4.40. The zero-order valence-electron chi connectivity index (χ0n) is 18.7. The Hall–Kier alpha value is -2.64. The van der Waals surface area contributed by atoms with Gasteiger partial charge in [0.05, 0.1) is 26.4 Å². The monoisotopic (exact) mass is 434 g/mol. The summed E-state index contributed by atoms with van der Waals surface area (Å²) in [5, 5.41) is 0. The summed E-state index contributed by atoms with van der Waals surface area (Å²) in [5.41, 5.74) is 7.23. The molecule has 166 valence electrons. The van der Waals surface area contributed by atoms with Crippen LogP contribution in [-0.2, 0) is 32.0 Å². The Bertz CT molecular complexity index is 1000. The van der Waals surface area contributed by atoms with Crippen LogP contribution in [0.2, 0.25) is 0 Å². The largest absolute Gasteiger partial charge is 0.341 e. The van der Waals surface area contributed by atoms with Crippen LogP contribution in [-0.4, -0.2) is 26.4 Å². The summed E-state index contributed by atoms with van der Waals surface area (Å²) in [6, 6.07) is 16.9. The van der Waals surface area contributed by atoms with E-state index in [1.807, 2.05) is 12.1 Å². The molecule has 2 aliphatic heterocycles. The molecule has 0 bridgehead atoms. The number of pyridine rings is 2. The van der Waals surface area contributed by atoms with E-state index in [2.05, 4.69) is 71.8 Å². The number of ether oxygens (including phenoxy) is 4. The van der Waals surface area contributed by atoms with Gasteiger partial charge < -0.3 is 18.9 Å². The van der Waals surface area contributed by atoms with Crippen molar-refractivity contribution >= 4 is 0 Å². The van der Waals surface area contributed by atoms with Crippen LogP contribution in [0.25, 0.3) is 0 Å². The van der Waals surface area contributed by atoms with E-state index in [0.29, 0.717) is 26.4 Å². The van der Waals surface area contributed by atoms with Crippen LogP contribution >= 0.6 is 0 Å². The van der Waals surface area contributed by atoms with E-state index >= 15 is 0 Å². The van der Waals surface area contributed by atoms with Gasteiger partial charge in [-0.1, -0.05) is 0 Å². The molecule has 2 aliphatic rings. The molecule has 2 saturated heterocycles. The van der Waals surface area contributed by atoms with Crippen molar-refractivity contribution in [3.05, 3.63) is 94.6 Å². The molecule has 0 unspecified atom stereocenters. The molecule has 0 aliphatic carbocycles. The molecule has 5 rings (SSSR count). The van der Waals surface area contributed by atoms with Gasteiger partial charge in [0.1, 0.15) is 0 Å². The lowest BCUT2D eigenvalue weighted by Gasteiger charge is -2.13. The fraction of sp³-hybridized carbons (Fsp3) is 0.385. The molecule has 1 aromatic carbocycles. The minimum atomic E-state index is -0.287. The Morgan fingerprint density at radius 1 is 0.656 bits per heavy atom. The van der Waals surface area contributed by atoms with Gasteiger partial charge >= 0.3 is 0 Å². The second-order valence-corrected chi connectivity index (χ2v) is 8.36. The van der Waals surface area contributed by atoms with Crippen molar-refractivity contribution in [1.29, 1.82) is 0 Å². The first-order chi connectivity index (χ1) is 15.7. The molecule has 0 atom stereocenters. The Labute approximate surface area is 188 Å². The highest BCUT2D eigenvalue weighted by Gasteiger charge is 2.29. The second kappa shape index (κ2) is 9.46. The third-order valence-corrected chi connectivity index (χ3v) is 6.15. The van der Waals surface area contributed by atoms with Gasteiger partial charge in [0.25, 0.3) is 0 Å². The summed E-state index contributed by atoms with van der Waals surface area (Å²) in [6.07, 6.45) is 3.61. The molecule has 6 heteroatoms. The van der Waals surface area contributed by atoms with Gasteiger partial charge in [0.15, 0.2) is 25.5 Å². The van der Waals surface area contributed by atoms with Crippen LogP contribution in [0, 0.1) is 13.8 Å². The highest BCUT2D eigenvalue weighted by Crippen LogP contribution is 2.23. The summed E-state index contributed by atoms with van der Waals surface area (Å²) >= 11 is 0. The summed E-state index contributed by atoms with van der Waals surface area (Å²) in [4.78, 5) is 0. The van der Waals surface area contributed by atoms with Crippen molar-refractivity contribution in [2.24, 2.45) is 0 Å². The number of aromatic nitrogens is 2. The molecule has 0 amide bonds. The highest BCUT2D eigenvalue weighted by atomic mass is 16.7.